The van der Waals surface area contributed by atoms with Gasteiger partial charge in [0.2, 0.25) is 0 Å². The minimum atomic E-state index is -0.911. The van der Waals surface area contributed by atoms with Crippen LogP contribution >= 0.6 is 8.58 Å². The predicted molar refractivity (Wildman–Crippen MR) is 88.4 cm³/mol. The van der Waals surface area contributed by atoms with Crippen LogP contribution in [-0.4, -0.2) is 30.5 Å². The molecule has 0 saturated carbocycles. The van der Waals surface area contributed by atoms with Gasteiger partial charge in [0.25, 0.3) is 5.91 Å². The van der Waals surface area contributed by atoms with Gasteiger partial charge in [0.05, 0.1) is 6.61 Å². The fraction of sp³-hybridized carbons (Fsp3) is 0.533. The largest absolute Gasteiger partial charge is 0.491 e. The lowest BCUT2D eigenvalue weighted by molar-refractivity contribution is 0.0943. The zero-order chi connectivity index (χ0) is 15.6. The molecule has 114 valence electrons. The number of nitrogens with one attached hydrogen (secondary N) is 1. The first kappa shape index (κ1) is 16.5. The molecule has 0 radical (unpaired) electrons. The van der Waals surface area contributed by atoms with Gasteiger partial charge in [0.1, 0.15) is 0 Å². The summed E-state index contributed by atoms with van der Waals surface area (Å²) in [6.07, 6.45) is 0.949. The number of amides is 1. The Hall–Kier alpha value is -0.895. The van der Waals surface area contributed by atoms with Gasteiger partial charge in [-0.15, -0.1) is 8.58 Å². The van der Waals surface area contributed by atoms with Gasteiger partial charge in [-0.25, -0.2) is 0 Å². The van der Waals surface area contributed by atoms with Gasteiger partial charge in [0.15, 0.2) is 0 Å². The van der Waals surface area contributed by atoms with Crippen molar-refractivity contribution in [2.75, 3.05) is 6.66 Å². The molecule has 0 aromatic heterocycles. The second-order valence-corrected chi connectivity index (χ2v) is 7.93. The third kappa shape index (κ3) is 4.29. The van der Waals surface area contributed by atoms with E-state index in [0.717, 1.165) is 12.0 Å². The van der Waals surface area contributed by atoms with Crippen molar-refractivity contribution >= 4 is 27.1 Å². The van der Waals surface area contributed by atoms with Gasteiger partial charge in [-0.05, 0) is 41.7 Å². The maximum Gasteiger partial charge on any atom is 0.491 e. The van der Waals surface area contributed by atoms with Crippen LogP contribution in [0, 0.1) is 5.41 Å². The highest BCUT2D eigenvalue weighted by molar-refractivity contribution is 7.37. The maximum atomic E-state index is 12.4. The summed E-state index contributed by atoms with van der Waals surface area (Å²) in [5.74, 6) is 0.104. The molecule has 1 heterocycles. The van der Waals surface area contributed by atoms with E-state index in [1.165, 1.54) is 0 Å². The number of hydrogen-bond donors (Lipinski definition) is 2. The second kappa shape index (κ2) is 6.47. The summed E-state index contributed by atoms with van der Waals surface area (Å²) < 4.78 is 5.15. The first-order valence-corrected chi connectivity index (χ1v) is 8.78. The van der Waals surface area contributed by atoms with Crippen LogP contribution in [0.25, 0.3) is 0 Å². The molecule has 21 heavy (non-hydrogen) atoms. The molecule has 2 unspecified atom stereocenters. The van der Waals surface area contributed by atoms with Crippen molar-refractivity contribution in [3.05, 3.63) is 29.3 Å². The highest BCUT2D eigenvalue weighted by atomic mass is 31.1. The molecule has 0 saturated heterocycles. The maximum absolute atomic E-state index is 12.4. The smallest absolute Gasteiger partial charge is 0.423 e. The van der Waals surface area contributed by atoms with E-state index in [9.17, 15) is 9.82 Å². The number of rotatable bonds is 4. The molecule has 1 aromatic rings. The zero-order valence-corrected chi connectivity index (χ0v) is 14.1. The van der Waals surface area contributed by atoms with Gasteiger partial charge >= 0.3 is 7.12 Å². The van der Waals surface area contributed by atoms with E-state index >= 15 is 0 Å². The van der Waals surface area contributed by atoms with Crippen LogP contribution < -0.4 is 10.8 Å². The SMILES string of the molecule is CPC(CC(C)(C)C)NC(=O)c1ccc2c(c1)B(O)OC2. The molecule has 0 bridgehead atoms. The molecular weight excluding hydrogens is 284 g/mol. The van der Waals surface area contributed by atoms with Crippen LogP contribution in [0.3, 0.4) is 0 Å². The second-order valence-electron chi connectivity index (χ2n) is 6.66. The summed E-state index contributed by atoms with van der Waals surface area (Å²) in [6, 6.07) is 5.38. The van der Waals surface area contributed by atoms with Crippen molar-refractivity contribution < 1.29 is 14.5 Å². The van der Waals surface area contributed by atoms with E-state index in [0.29, 0.717) is 26.2 Å². The molecular formula is C15H23BNO3P. The molecule has 2 rings (SSSR count). The van der Waals surface area contributed by atoms with E-state index in [-0.39, 0.29) is 17.1 Å². The minimum Gasteiger partial charge on any atom is -0.423 e. The Kier molecular flexibility index (Phi) is 5.08. The van der Waals surface area contributed by atoms with Crippen molar-refractivity contribution in [3.8, 4) is 0 Å². The van der Waals surface area contributed by atoms with Gasteiger partial charge in [0, 0.05) is 11.3 Å². The van der Waals surface area contributed by atoms with E-state index in [1.54, 1.807) is 12.1 Å². The average Bonchev–Trinajstić information content (AvgIpc) is 2.77. The lowest BCUT2D eigenvalue weighted by atomic mass is 9.79. The summed E-state index contributed by atoms with van der Waals surface area (Å²) in [6.45, 7) is 9.04. The molecule has 1 amide bonds. The molecule has 6 heteroatoms. The highest BCUT2D eigenvalue weighted by Crippen LogP contribution is 2.28. The van der Waals surface area contributed by atoms with E-state index in [2.05, 4.69) is 32.8 Å². The molecule has 2 atom stereocenters. The van der Waals surface area contributed by atoms with Crippen molar-refractivity contribution in [2.45, 2.75) is 39.6 Å². The molecule has 1 aliphatic rings. The minimum absolute atomic E-state index is 0.0829. The standard InChI is InChI=1S/C15H23BNO3P/c1-15(2,3)8-13(21-4)17-14(18)10-5-6-11-9-20-16(19)12(11)7-10/h5-7,13,19,21H,8-9H2,1-4H3,(H,17,18). The van der Waals surface area contributed by atoms with Crippen LogP contribution in [0.1, 0.15) is 43.1 Å². The quantitative estimate of drug-likeness (QED) is 0.657. The Bertz CT molecular complexity index is 530. The van der Waals surface area contributed by atoms with E-state index in [1.807, 2.05) is 6.07 Å². The van der Waals surface area contributed by atoms with Crippen LogP contribution in [0.15, 0.2) is 18.2 Å². The van der Waals surface area contributed by atoms with Gasteiger partial charge < -0.3 is 15.0 Å². The molecule has 1 aromatic carbocycles. The number of fused-ring (bicyclic) bond motifs is 1. The highest BCUT2D eigenvalue weighted by Gasteiger charge is 2.28. The summed E-state index contributed by atoms with van der Waals surface area (Å²) in [5, 5.41) is 12.8. The monoisotopic (exact) mass is 307 g/mol. The Morgan fingerprint density at radius 3 is 2.86 bits per heavy atom. The van der Waals surface area contributed by atoms with Crippen molar-refractivity contribution in [2.24, 2.45) is 5.41 Å². The summed E-state index contributed by atoms with van der Waals surface area (Å²) in [5.41, 5.74) is 2.41. The number of carbonyl (C=O) groups excluding carboxylic acids is 1. The van der Waals surface area contributed by atoms with Crippen LogP contribution in [0.5, 0.6) is 0 Å². The lowest BCUT2D eigenvalue weighted by Crippen LogP contribution is -2.35. The number of hydrogen-bond acceptors (Lipinski definition) is 3. The van der Waals surface area contributed by atoms with Gasteiger partial charge in [-0.3, -0.25) is 4.79 Å². The molecule has 0 fully saturated rings. The lowest BCUT2D eigenvalue weighted by Gasteiger charge is -2.26. The fourth-order valence-electron chi connectivity index (χ4n) is 2.44. The number of benzene rings is 1. The van der Waals surface area contributed by atoms with Crippen LogP contribution in [0.4, 0.5) is 0 Å². The summed E-state index contributed by atoms with van der Waals surface area (Å²) in [4.78, 5) is 12.4. The van der Waals surface area contributed by atoms with Crippen LogP contribution in [0.2, 0.25) is 0 Å². The molecule has 0 aliphatic carbocycles. The Morgan fingerprint density at radius 1 is 1.52 bits per heavy atom. The molecule has 4 nitrogen and oxygen atoms in total. The van der Waals surface area contributed by atoms with E-state index in [4.69, 9.17) is 4.65 Å². The number of carbonyl (C=O) groups is 1. The Labute approximate surface area is 128 Å². The zero-order valence-electron chi connectivity index (χ0n) is 13.1. The third-order valence-electron chi connectivity index (χ3n) is 3.54. The first-order valence-electron chi connectivity index (χ1n) is 7.21. The van der Waals surface area contributed by atoms with Crippen molar-refractivity contribution in [1.82, 2.24) is 5.32 Å². The first-order chi connectivity index (χ1) is 9.80. The Morgan fingerprint density at radius 2 is 2.24 bits per heavy atom. The Balaban J connectivity index is 2.08. The third-order valence-corrected chi connectivity index (χ3v) is 4.59. The van der Waals surface area contributed by atoms with Gasteiger partial charge in [-0.1, -0.05) is 26.8 Å². The van der Waals surface area contributed by atoms with Crippen molar-refractivity contribution in [3.63, 3.8) is 0 Å². The van der Waals surface area contributed by atoms with Crippen molar-refractivity contribution in [1.29, 1.82) is 0 Å². The molecule has 2 N–H and O–H groups in total. The topological polar surface area (TPSA) is 58.6 Å². The predicted octanol–water partition coefficient (Wildman–Crippen LogP) is 1.70. The average molecular weight is 307 g/mol. The molecule has 0 spiro atoms. The van der Waals surface area contributed by atoms with Crippen LogP contribution in [-0.2, 0) is 11.3 Å². The normalized spacial score (nSPS) is 16.3. The summed E-state index contributed by atoms with van der Waals surface area (Å²) in [7, 11) is -0.254. The molecule has 1 aliphatic heterocycles. The van der Waals surface area contributed by atoms with Gasteiger partial charge in [-0.2, -0.15) is 0 Å². The fourth-order valence-corrected chi connectivity index (χ4v) is 3.53. The summed E-state index contributed by atoms with van der Waals surface area (Å²) >= 11 is 0. The van der Waals surface area contributed by atoms with E-state index < -0.39 is 7.12 Å².